The smallest absolute Gasteiger partial charge is 0.252 e. The molecule has 2 N–H and O–H groups in total. The van der Waals surface area contributed by atoms with Crippen molar-refractivity contribution in [1.82, 2.24) is 24.9 Å². The zero-order chi connectivity index (χ0) is 16.2. The molecule has 23 heavy (non-hydrogen) atoms. The number of nitrogens with one attached hydrogen (secondary N) is 2. The summed E-state index contributed by atoms with van der Waals surface area (Å²) in [5, 5.41) is 11.8. The molecule has 8 heteroatoms. The van der Waals surface area contributed by atoms with Crippen LogP contribution in [0.25, 0.3) is 5.78 Å². The summed E-state index contributed by atoms with van der Waals surface area (Å²) in [5.74, 6) is 0.766. The Hall–Kier alpha value is -1.83. The molecule has 0 aliphatic heterocycles. The van der Waals surface area contributed by atoms with Crippen LogP contribution in [0.4, 0.5) is 0 Å². The van der Waals surface area contributed by atoms with Gasteiger partial charge in [-0.3, -0.25) is 19.0 Å². The van der Waals surface area contributed by atoms with E-state index in [1.54, 1.807) is 6.07 Å². The SMILES string of the molecule is CCCc1cc(=O)[nH]c2nnc(SCC(=O)NC3CCCC3)n12. The van der Waals surface area contributed by atoms with Gasteiger partial charge in [-0.2, -0.15) is 0 Å². The number of H-pyrrole nitrogens is 1. The van der Waals surface area contributed by atoms with Crippen LogP contribution in [0.3, 0.4) is 0 Å². The van der Waals surface area contributed by atoms with E-state index in [4.69, 9.17) is 0 Å². The van der Waals surface area contributed by atoms with Crippen LogP contribution in [-0.4, -0.2) is 37.3 Å². The number of carbonyl (C=O) groups excluding carboxylic acids is 1. The molecule has 124 valence electrons. The number of thioether (sulfide) groups is 1. The molecule has 0 radical (unpaired) electrons. The first-order valence-electron chi connectivity index (χ1n) is 8.07. The molecule has 1 fully saturated rings. The van der Waals surface area contributed by atoms with Gasteiger partial charge in [-0.25, -0.2) is 0 Å². The Morgan fingerprint density at radius 3 is 2.96 bits per heavy atom. The molecule has 1 aliphatic rings. The maximum atomic E-state index is 12.0. The predicted molar refractivity (Wildman–Crippen MR) is 88.7 cm³/mol. The van der Waals surface area contributed by atoms with E-state index in [1.807, 2.05) is 4.40 Å². The van der Waals surface area contributed by atoms with Crippen LogP contribution in [0, 0.1) is 0 Å². The molecule has 7 nitrogen and oxygen atoms in total. The number of aryl methyl sites for hydroxylation is 1. The monoisotopic (exact) mass is 335 g/mol. The molecule has 0 atom stereocenters. The molecule has 3 rings (SSSR count). The molecule has 1 amide bonds. The third kappa shape index (κ3) is 3.74. The Morgan fingerprint density at radius 2 is 2.22 bits per heavy atom. The van der Waals surface area contributed by atoms with Crippen LogP contribution in [0.1, 0.15) is 44.7 Å². The van der Waals surface area contributed by atoms with Gasteiger partial charge in [0, 0.05) is 17.8 Å². The lowest BCUT2D eigenvalue weighted by Crippen LogP contribution is -2.33. The third-order valence-corrected chi connectivity index (χ3v) is 4.94. The lowest BCUT2D eigenvalue weighted by atomic mass is 10.2. The van der Waals surface area contributed by atoms with E-state index in [2.05, 4.69) is 27.4 Å². The Balaban J connectivity index is 1.72. The lowest BCUT2D eigenvalue weighted by Gasteiger charge is -2.11. The molecule has 0 spiro atoms. The summed E-state index contributed by atoms with van der Waals surface area (Å²) >= 11 is 1.35. The van der Waals surface area contributed by atoms with Crippen LogP contribution in [0.2, 0.25) is 0 Å². The number of nitrogens with zero attached hydrogens (tertiary/aromatic N) is 3. The molecule has 1 aliphatic carbocycles. The number of hydrogen-bond donors (Lipinski definition) is 2. The van der Waals surface area contributed by atoms with Crippen molar-refractivity contribution in [2.45, 2.75) is 56.6 Å². The van der Waals surface area contributed by atoms with Gasteiger partial charge in [0.2, 0.25) is 11.7 Å². The highest BCUT2D eigenvalue weighted by atomic mass is 32.2. The summed E-state index contributed by atoms with van der Waals surface area (Å²) in [6.45, 7) is 2.05. The first-order chi connectivity index (χ1) is 11.2. The summed E-state index contributed by atoms with van der Waals surface area (Å²) in [5.41, 5.74) is 0.693. The summed E-state index contributed by atoms with van der Waals surface area (Å²) in [6.07, 6.45) is 6.23. The molecule has 0 unspecified atom stereocenters. The Morgan fingerprint density at radius 1 is 1.43 bits per heavy atom. The molecular formula is C15H21N5O2S. The Labute approximate surface area is 138 Å². The van der Waals surface area contributed by atoms with Crippen molar-refractivity contribution in [2.24, 2.45) is 0 Å². The van der Waals surface area contributed by atoms with Crippen molar-refractivity contribution in [3.05, 3.63) is 22.1 Å². The average Bonchev–Trinajstić information content (AvgIpc) is 3.15. The first-order valence-corrected chi connectivity index (χ1v) is 9.05. The number of aromatic nitrogens is 4. The van der Waals surface area contributed by atoms with Gasteiger partial charge >= 0.3 is 0 Å². The number of aromatic amines is 1. The number of fused-ring (bicyclic) bond motifs is 1. The minimum absolute atomic E-state index is 0.0279. The van der Waals surface area contributed by atoms with E-state index in [9.17, 15) is 9.59 Å². The highest BCUT2D eigenvalue weighted by molar-refractivity contribution is 7.99. The zero-order valence-electron chi connectivity index (χ0n) is 13.2. The van der Waals surface area contributed by atoms with Crippen LogP contribution in [0.15, 0.2) is 16.0 Å². The summed E-state index contributed by atoms with van der Waals surface area (Å²) < 4.78 is 1.83. The number of hydrogen-bond acceptors (Lipinski definition) is 5. The summed E-state index contributed by atoms with van der Waals surface area (Å²) in [4.78, 5) is 26.4. The lowest BCUT2D eigenvalue weighted by molar-refractivity contribution is -0.119. The van der Waals surface area contributed by atoms with E-state index in [0.29, 0.717) is 22.7 Å². The quantitative estimate of drug-likeness (QED) is 0.781. The summed E-state index contributed by atoms with van der Waals surface area (Å²) in [7, 11) is 0. The van der Waals surface area contributed by atoms with Crippen LogP contribution >= 0.6 is 11.8 Å². The van der Waals surface area contributed by atoms with E-state index in [1.165, 1.54) is 24.6 Å². The van der Waals surface area contributed by atoms with Gasteiger partial charge in [0.25, 0.3) is 5.56 Å². The van der Waals surface area contributed by atoms with Crippen molar-refractivity contribution in [1.29, 1.82) is 0 Å². The van der Waals surface area contributed by atoms with Crippen molar-refractivity contribution >= 4 is 23.4 Å². The van der Waals surface area contributed by atoms with Gasteiger partial charge in [-0.05, 0) is 19.3 Å². The molecule has 1 saturated carbocycles. The average molecular weight is 335 g/mol. The molecule has 2 aromatic rings. The highest BCUT2D eigenvalue weighted by Crippen LogP contribution is 2.20. The number of rotatable bonds is 6. The normalized spacial score (nSPS) is 15.3. The molecule has 0 saturated heterocycles. The molecule has 2 aromatic heterocycles. The number of carbonyl (C=O) groups is 1. The van der Waals surface area contributed by atoms with E-state index < -0.39 is 0 Å². The second kappa shape index (κ2) is 7.16. The maximum absolute atomic E-state index is 12.0. The molecule has 0 aromatic carbocycles. The van der Waals surface area contributed by atoms with Gasteiger partial charge in [0.1, 0.15) is 0 Å². The van der Waals surface area contributed by atoms with Gasteiger partial charge < -0.3 is 5.32 Å². The Bertz CT molecular complexity index is 748. The molecule has 2 heterocycles. The minimum atomic E-state index is -0.177. The zero-order valence-corrected chi connectivity index (χ0v) is 14.0. The summed E-state index contributed by atoms with van der Waals surface area (Å²) in [6, 6.07) is 1.90. The third-order valence-electron chi connectivity index (χ3n) is 4.01. The Kier molecular flexibility index (Phi) is 5.00. The van der Waals surface area contributed by atoms with E-state index in [0.717, 1.165) is 31.4 Å². The van der Waals surface area contributed by atoms with E-state index >= 15 is 0 Å². The fourth-order valence-corrected chi connectivity index (χ4v) is 3.75. The van der Waals surface area contributed by atoms with Gasteiger partial charge in [0.15, 0.2) is 5.16 Å². The minimum Gasteiger partial charge on any atom is -0.353 e. The predicted octanol–water partition coefficient (Wildman–Crippen LogP) is 1.52. The highest BCUT2D eigenvalue weighted by Gasteiger charge is 2.18. The fourth-order valence-electron chi connectivity index (χ4n) is 2.98. The first kappa shape index (κ1) is 16.0. The maximum Gasteiger partial charge on any atom is 0.252 e. The second-order valence-electron chi connectivity index (χ2n) is 5.85. The van der Waals surface area contributed by atoms with Crippen molar-refractivity contribution < 1.29 is 4.79 Å². The van der Waals surface area contributed by atoms with Crippen molar-refractivity contribution in [3.8, 4) is 0 Å². The van der Waals surface area contributed by atoms with Gasteiger partial charge in [-0.15, -0.1) is 10.2 Å². The van der Waals surface area contributed by atoms with Crippen LogP contribution < -0.4 is 10.9 Å². The van der Waals surface area contributed by atoms with Crippen molar-refractivity contribution in [3.63, 3.8) is 0 Å². The largest absolute Gasteiger partial charge is 0.353 e. The fraction of sp³-hybridized carbons (Fsp3) is 0.600. The van der Waals surface area contributed by atoms with Gasteiger partial charge in [-0.1, -0.05) is 37.9 Å². The van der Waals surface area contributed by atoms with Crippen molar-refractivity contribution in [2.75, 3.05) is 5.75 Å². The molecular weight excluding hydrogens is 314 g/mol. The topological polar surface area (TPSA) is 92.2 Å². The van der Waals surface area contributed by atoms with Crippen LogP contribution in [0.5, 0.6) is 0 Å². The standard InChI is InChI=1S/C15H21N5O2S/c1-2-5-11-8-12(21)17-14-18-19-15(20(11)14)23-9-13(22)16-10-6-3-4-7-10/h8,10H,2-7,9H2,1H3,(H,16,22)(H,17,18,21). The van der Waals surface area contributed by atoms with Gasteiger partial charge in [0.05, 0.1) is 5.75 Å². The second-order valence-corrected chi connectivity index (χ2v) is 6.80. The number of amides is 1. The molecule has 0 bridgehead atoms. The van der Waals surface area contributed by atoms with E-state index in [-0.39, 0.29) is 11.5 Å². The van der Waals surface area contributed by atoms with Crippen LogP contribution in [-0.2, 0) is 11.2 Å².